The van der Waals surface area contributed by atoms with Gasteiger partial charge in [-0.25, -0.2) is 0 Å². The van der Waals surface area contributed by atoms with Crippen LogP contribution in [0, 0.1) is 6.92 Å². The van der Waals surface area contributed by atoms with Gasteiger partial charge < -0.3 is 4.90 Å². The van der Waals surface area contributed by atoms with Crippen LogP contribution in [-0.4, -0.2) is 23.1 Å². The summed E-state index contributed by atoms with van der Waals surface area (Å²) in [5.74, 6) is 1.42. The van der Waals surface area contributed by atoms with E-state index in [9.17, 15) is 4.79 Å². The molecule has 0 radical (unpaired) electrons. The lowest BCUT2D eigenvalue weighted by atomic mass is 10.1. The third-order valence-corrected chi connectivity index (χ3v) is 6.15. The van der Waals surface area contributed by atoms with Gasteiger partial charge in [-0.3, -0.25) is 4.79 Å². The topological polar surface area (TPSA) is 20.3 Å². The summed E-state index contributed by atoms with van der Waals surface area (Å²) in [7, 11) is 0. The van der Waals surface area contributed by atoms with E-state index in [-0.39, 0.29) is 5.37 Å². The number of carbonyl (C=O) groups is 1. The molecule has 2 heterocycles. The number of carbonyl (C=O) groups excluding carboxylic acids is 1. The Kier molecular flexibility index (Phi) is 6.43. The minimum atomic E-state index is 0.275. The molecular formula is C16H25NOS2. The van der Waals surface area contributed by atoms with Crippen LogP contribution in [0.1, 0.15) is 60.6 Å². The molecule has 20 heavy (non-hydrogen) atoms. The summed E-state index contributed by atoms with van der Waals surface area (Å²) in [6, 6.07) is 4.34. The Bertz CT molecular complexity index is 430. The molecule has 112 valence electrons. The first-order valence-corrected chi connectivity index (χ1v) is 9.56. The van der Waals surface area contributed by atoms with E-state index in [1.165, 1.54) is 35.4 Å². The van der Waals surface area contributed by atoms with Crippen molar-refractivity contribution >= 4 is 29.0 Å². The molecule has 0 bridgehead atoms. The van der Waals surface area contributed by atoms with Crippen LogP contribution in [0.25, 0.3) is 0 Å². The maximum absolute atomic E-state index is 12.4. The van der Waals surface area contributed by atoms with Crippen LogP contribution in [-0.2, 0) is 4.79 Å². The van der Waals surface area contributed by atoms with Crippen LogP contribution >= 0.6 is 23.1 Å². The van der Waals surface area contributed by atoms with Crippen molar-refractivity contribution in [3.63, 3.8) is 0 Å². The van der Waals surface area contributed by atoms with Crippen LogP contribution in [0.5, 0.6) is 0 Å². The van der Waals surface area contributed by atoms with Gasteiger partial charge in [-0.2, -0.15) is 0 Å². The summed E-state index contributed by atoms with van der Waals surface area (Å²) >= 11 is 3.73. The predicted octanol–water partition coefficient (Wildman–Crippen LogP) is 4.99. The standard InChI is InChI=1S/C16H25NOS2/c1-3-4-5-6-7-8-15(18)17-11-12-19-16(17)14-10-9-13(2)20-14/h9-10,16H,3-8,11-12H2,1-2H3. The number of rotatable bonds is 7. The zero-order valence-corrected chi connectivity index (χ0v) is 14.2. The fourth-order valence-electron chi connectivity index (χ4n) is 2.57. The summed E-state index contributed by atoms with van der Waals surface area (Å²) in [5.41, 5.74) is 0. The Labute approximate surface area is 130 Å². The quantitative estimate of drug-likeness (QED) is 0.661. The number of unbranched alkanes of at least 4 members (excludes halogenated alkanes) is 4. The lowest BCUT2D eigenvalue weighted by Gasteiger charge is -2.23. The van der Waals surface area contributed by atoms with Crippen molar-refractivity contribution in [3.8, 4) is 0 Å². The van der Waals surface area contributed by atoms with Gasteiger partial charge in [0.05, 0.1) is 0 Å². The molecule has 0 aromatic carbocycles. The van der Waals surface area contributed by atoms with Crippen LogP contribution in [0.4, 0.5) is 0 Å². The van der Waals surface area contributed by atoms with E-state index in [1.54, 1.807) is 0 Å². The number of aryl methyl sites for hydroxylation is 1. The molecule has 2 nitrogen and oxygen atoms in total. The second kappa shape index (κ2) is 8.08. The number of thiophene rings is 1. The Balaban J connectivity index is 1.82. The molecule has 1 aliphatic rings. The third-order valence-electron chi connectivity index (χ3n) is 3.71. The summed E-state index contributed by atoms with van der Waals surface area (Å²) in [6.45, 7) is 5.27. The molecular weight excluding hydrogens is 286 g/mol. The van der Waals surface area contributed by atoms with E-state index in [0.29, 0.717) is 5.91 Å². The average molecular weight is 312 g/mol. The van der Waals surface area contributed by atoms with Crippen molar-refractivity contribution < 1.29 is 4.79 Å². The molecule has 4 heteroatoms. The van der Waals surface area contributed by atoms with Crippen molar-refractivity contribution in [2.24, 2.45) is 0 Å². The lowest BCUT2D eigenvalue weighted by molar-refractivity contribution is -0.131. The molecule has 1 aromatic heterocycles. The molecule has 1 amide bonds. The Hall–Kier alpha value is -0.480. The molecule has 1 atom stereocenters. The Morgan fingerprint density at radius 2 is 2.10 bits per heavy atom. The first-order valence-electron chi connectivity index (χ1n) is 7.69. The van der Waals surface area contributed by atoms with Gasteiger partial charge in [-0.1, -0.05) is 32.6 Å². The van der Waals surface area contributed by atoms with Crippen molar-refractivity contribution in [2.45, 2.75) is 57.7 Å². The molecule has 1 fully saturated rings. The molecule has 1 unspecified atom stereocenters. The second-order valence-electron chi connectivity index (χ2n) is 5.42. The molecule has 0 saturated carbocycles. The van der Waals surface area contributed by atoms with Crippen LogP contribution in [0.15, 0.2) is 12.1 Å². The summed E-state index contributed by atoms with van der Waals surface area (Å²) in [6.07, 6.45) is 6.80. The Morgan fingerprint density at radius 3 is 2.80 bits per heavy atom. The van der Waals surface area contributed by atoms with Gasteiger partial charge in [0.25, 0.3) is 0 Å². The van der Waals surface area contributed by atoms with Crippen molar-refractivity contribution in [1.82, 2.24) is 4.90 Å². The van der Waals surface area contributed by atoms with Gasteiger partial charge in [0.15, 0.2) is 0 Å². The molecule has 1 saturated heterocycles. The summed E-state index contributed by atoms with van der Waals surface area (Å²) in [4.78, 5) is 17.1. The maximum atomic E-state index is 12.4. The van der Waals surface area contributed by atoms with Gasteiger partial charge >= 0.3 is 0 Å². The largest absolute Gasteiger partial charge is 0.325 e. The van der Waals surface area contributed by atoms with E-state index in [2.05, 4.69) is 30.9 Å². The maximum Gasteiger partial charge on any atom is 0.223 e. The first kappa shape index (κ1) is 15.9. The van der Waals surface area contributed by atoms with Crippen LogP contribution in [0.2, 0.25) is 0 Å². The Morgan fingerprint density at radius 1 is 1.30 bits per heavy atom. The lowest BCUT2D eigenvalue weighted by Crippen LogP contribution is -2.29. The molecule has 2 rings (SSSR count). The summed E-state index contributed by atoms with van der Waals surface area (Å²) < 4.78 is 0. The van der Waals surface area contributed by atoms with E-state index in [1.807, 2.05) is 23.1 Å². The fourth-order valence-corrected chi connectivity index (χ4v) is 4.96. The van der Waals surface area contributed by atoms with Crippen molar-refractivity contribution in [3.05, 3.63) is 21.9 Å². The highest BCUT2D eigenvalue weighted by atomic mass is 32.2. The number of hydrogen-bond donors (Lipinski definition) is 0. The number of nitrogens with zero attached hydrogens (tertiary/aromatic N) is 1. The predicted molar refractivity (Wildman–Crippen MR) is 89.3 cm³/mol. The van der Waals surface area contributed by atoms with Gasteiger partial charge in [0.1, 0.15) is 5.37 Å². The van der Waals surface area contributed by atoms with E-state index >= 15 is 0 Å². The number of hydrogen-bond acceptors (Lipinski definition) is 3. The highest BCUT2D eigenvalue weighted by molar-refractivity contribution is 7.99. The van der Waals surface area contributed by atoms with Crippen LogP contribution in [0.3, 0.4) is 0 Å². The first-order chi connectivity index (χ1) is 9.72. The fraction of sp³-hybridized carbons (Fsp3) is 0.688. The molecule has 1 aliphatic heterocycles. The molecule has 0 spiro atoms. The minimum Gasteiger partial charge on any atom is -0.325 e. The second-order valence-corrected chi connectivity index (χ2v) is 7.93. The van der Waals surface area contributed by atoms with E-state index in [4.69, 9.17) is 0 Å². The molecule has 0 aliphatic carbocycles. The van der Waals surface area contributed by atoms with Gasteiger partial charge in [-0.15, -0.1) is 23.1 Å². The highest BCUT2D eigenvalue weighted by Gasteiger charge is 2.30. The number of amides is 1. The van der Waals surface area contributed by atoms with Gasteiger partial charge in [0.2, 0.25) is 5.91 Å². The smallest absolute Gasteiger partial charge is 0.223 e. The van der Waals surface area contributed by atoms with Crippen molar-refractivity contribution in [1.29, 1.82) is 0 Å². The van der Waals surface area contributed by atoms with Crippen molar-refractivity contribution in [2.75, 3.05) is 12.3 Å². The third kappa shape index (κ3) is 4.26. The zero-order valence-electron chi connectivity index (χ0n) is 12.6. The molecule has 0 N–H and O–H groups in total. The van der Waals surface area contributed by atoms with E-state index in [0.717, 1.165) is 25.1 Å². The zero-order chi connectivity index (χ0) is 14.4. The SMILES string of the molecule is CCCCCCCC(=O)N1CCSC1c1ccc(C)s1. The van der Waals surface area contributed by atoms with Crippen LogP contribution < -0.4 is 0 Å². The summed E-state index contributed by atoms with van der Waals surface area (Å²) in [5, 5.41) is 0.275. The number of thioether (sulfide) groups is 1. The van der Waals surface area contributed by atoms with E-state index < -0.39 is 0 Å². The minimum absolute atomic E-state index is 0.275. The monoisotopic (exact) mass is 311 g/mol. The highest BCUT2D eigenvalue weighted by Crippen LogP contribution is 2.41. The van der Waals surface area contributed by atoms with Gasteiger partial charge in [0, 0.05) is 28.5 Å². The normalized spacial score (nSPS) is 18.7. The van der Waals surface area contributed by atoms with Gasteiger partial charge in [-0.05, 0) is 25.5 Å². The molecule has 1 aromatic rings. The average Bonchev–Trinajstić information content (AvgIpc) is 3.06.